The second-order valence-electron chi connectivity index (χ2n) is 5.44. The van der Waals surface area contributed by atoms with Gasteiger partial charge in [-0.1, -0.05) is 88.7 Å². The third kappa shape index (κ3) is 4.11. The van der Waals surface area contributed by atoms with Crippen LogP contribution in [0.15, 0.2) is 89.4 Å². The van der Waals surface area contributed by atoms with E-state index in [1.165, 1.54) is 16.7 Å². The maximum absolute atomic E-state index is 6.19. The molecule has 1 nitrogen and oxygen atoms in total. The van der Waals surface area contributed by atoms with Crippen molar-refractivity contribution in [1.82, 2.24) is 0 Å². The summed E-state index contributed by atoms with van der Waals surface area (Å²) in [4.78, 5) is 0. The van der Waals surface area contributed by atoms with E-state index in [0.29, 0.717) is 0 Å². The normalized spacial score (nSPS) is 11.4. The van der Waals surface area contributed by atoms with Crippen LogP contribution in [0.1, 0.15) is 11.1 Å². The lowest BCUT2D eigenvalue weighted by Gasteiger charge is -2.05. The topological polar surface area (TPSA) is 26.0 Å². The Morgan fingerprint density at radius 2 is 1.52 bits per heavy atom. The fourth-order valence-corrected chi connectivity index (χ4v) is 2.76. The fraction of sp³-hybridized carbons (Fsp3) is 0.0476. The van der Waals surface area contributed by atoms with Crippen LogP contribution in [0.5, 0.6) is 0 Å². The van der Waals surface area contributed by atoms with Crippen LogP contribution in [0.3, 0.4) is 0 Å². The first-order valence-electron chi connectivity index (χ1n) is 7.58. The van der Waals surface area contributed by atoms with E-state index in [-0.39, 0.29) is 0 Å². The molecule has 0 spiro atoms. The lowest BCUT2D eigenvalue weighted by molar-refractivity contribution is 1.26. The molecule has 2 heteroatoms. The molecule has 2 N–H and O–H groups in total. The summed E-state index contributed by atoms with van der Waals surface area (Å²) in [5, 5.41) is 0. The van der Waals surface area contributed by atoms with Gasteiger partial charge in [-0.05, 0) is 40.8 Å². The quantitative estimate of drug-likeness (QED) is 0.635. The van der Waals surface area contributed by atoms with Gasteiger partial charge in [-0.3, -0.25) is 0 Å². The lowest BCUT2D eigenvalue weighted by Crippen LogP contribution is -1.97. The smallest absolute Gasteiger partial charge is 0.0350 e. The standard InChI is InChI=1S/C21H18BrN/c22-20-12-10-18(11-13-20)21(23)14-9-16-5-4-8-19(15-16)17-6-2-1-3-7-17/h1-8,10-15H,9,23H2/b21-14-. The lowest BCUT2D eigenvalue weighted by atomic mass is 10.0. The van der Waals surface area contributed by atoms with E-state index in [1.807, 2.05) is 30.3 Å². The van der Waals surface area contributed by atoms with E-state index in [4.69, 9.17) is 5.73 Å². The minimum absolute atomic E-state index is 0.808. The summed E-state index contributed by atoms with van der Waals surface area (Å²) in [7, 11) is 0. The number of nitrogens with two attached hydrogens (primary N) is 1. The Kier molecular flexibility index (Phi) is 4.94. The van der Waals surface area contributed by atoms with Crippen molar-refractivity contribution in [3.63, 3.8) is 0 Å². The molecule has 0 aliphatic carbocycles. The molecule has 0 aromatic heterocycles. The SMILES string of the molecule is N/C(=C\Cc1cccc(-c2ccccc2)c1)c1ccc(Br)cc1. The highest BCUT2D eigenvalue weighted by Crippen LogP contribution is 2.21. The minimum Gasteiger partial charge on any atom is -0.398 e. The molecule has 0 radical (unpaired) electrons. The van der Waals surface area contributed by atoms with Crippen LogP contribution in [0.25, 0.3) is 16.8 Å². The van der Waals surface area contributed by atoms with Gasteiger partial charge in [0.05, 0.1) is 0 Å². The van der Waals surface area contributed by atoms with E-state index in [9.17, 15) is 0 Å². The second kappa shape index (κ2) is 7.30. The van der Waals surface area contributed by atoms with Gasteiger partial charge in [0.2, 0.25) is 0 Å². The molecule has 0 saturated carbocycles. The third-order valence-electron chi connectivity index (χ3n) is 3.77. The average Bonchev–Trinajstić information content (AvgIpc) is 2.61. The van der Waals surface area contributed by atoms with Gasteiger partial charge in [0.1, 0.15) is 0 Å². The van der Waals surface area contributed by atoms with Crippen LogP contribution in [-0.4, -0.2) is 0 Å². The highest BCUT2D eigenvalue weighted by Gasteiger charge is 2.00. The molecule has 0 bridgehead atoms. The van der Waals surface area contributed by atoms with Gasteiger partial charge in [-0.15, -0.1) is 0 Å². The minimum atomic E-state index is 0.808. The number of halogens is 1. The Morgan fingerprint density at radius 1 is 0.826 bits per heavy atom. The van der Waals surface area contributed by atoms with Gasteiger partial charge >= 0.3 is 0 Å². The molecule has 3 rings (SSSR count). The maximum atomic E-state index is 6.19. The molecule has 0 aliphatic rings. The van der Waals surface area contributed by atoms with Crippen LogP contribution in [0.4, 0.5) is 0 Å². The zero-order valence-corrected chi connectivity index (χ0v) is 14.3. The van der Waals surface area contributed by atoms with Gasteiger partial charge in [0.25, 0.3) is 0 Å². The number of benzene rings is 3. The molecular formula is C21H18BrN. The summed E-state index contributed by atoms with van der Waals surface area (Å²) in [6, 6.07) is 27.1. The van der Waals surface area contributed by atoms with Crippen molar-refractivity contribution in [2.24, 2.45) is 5.73 Å². The highest BCUT2D eigenvalue weighted by molar-refractivity contribution is 9.10. The molecule has 114 valence electrons. The van der Waals surface area contributed by atoms with Crippen molar-refractivity contribution in [3.8, 4) is 11.1 Å². The molecule has 0 amide bonds. The van der Waals surface area contributed by atoms with Crippen molar-refractivity contribution >= 4 is 21.6 Å². The van der Waals surface area contributed by atoms with Crippen LogP contribution in [-0.2, 0) is 6.42 Å². The van der Waals surface area contributed by atoms with E-state index >= 15 is 0 Å². The van der Waals surface area contributed by atoms with E-state index in [0.717, 1.165) is 22.2 Å². The molecule has 0 aliphatic heterocycles. The first-order valence-corrected chi connectivity index (χ1v) is 8.37. The summed E-state index contributed by atoms with van der Waals surface area (Å²) in [5.41, 5.74) is 11.8. The molecule has 0 heterocycles. The zero-order valence-electron chi connectivity index (χ0n) is 12.7. The molecule has 0 fully saturated rings. The monoisotopic (exact) mass is 363 g/mol. The Balaban J connectivity index is 1.78. The van der Waals surface area contributed by atoms with Gasteiger partial charge in [-0.2, -0.15) is 0 Å². The predicted molar refractivity (Wildman–Crippen MR) is 102 cm³/mol. The Morgan fingerprint density at radius 3 is 2.26 bits per heavy atom. The Labute approximate surface area is 145 Å². The largest absolute Gasteiger partial charge is 0.398 e. The van der Waals surface area contributed by atoms with Crippen molar-refractivity contribution < 1.29 is 0 Å². The average molecular weight is 364 g/mol. The van der Waals surface area contributed by atoms with Gasteiger partial charge in [0.15, 0.2) is 0 Å². The number of hydrogen-bond donors (Lipinski definition) is 1. The van der Waals surface area contributed by atoms with E-state index in [2.05, 4.69) is 70.5 Å². The fourth-order valence-electron chi connectivity index (χ4n) is 2.50. The van der Waals surface area contributed by atoms with Crippen LogP contribution in [0, 0.1) is 0 Å². The zero-order chi connectivity index (χ0) is 16.1. The summed E-state index contributed by atoms with van der Waals surface area (Å²) < 4.78 is 1.06. The van der Waals surface area contributed by atoms with Crippen LogP contribution < -0.4 is 5.73 Å². The Bertz CT molecular complexity index is 805. The van der Waals surface area contributed by atoms with E-state index < -0.39 is 0 Å². The van der Waals surface area contributed by atoms with Crippen molar-refractivity contribution in [1.29, 1.82) is 0 Å². The van der Waals surface area contributed by atoms with Crippen LogP contribution in [0.2, 0.25) is 0 Å². The predicted octanol–water partition coefficient (Wildman–Crippen LogP) is 5.66. The molecular weight excluding hydrogens is 346 g/mol. The molecule has 23 heavy (non-hydrogen) atoms. The number of allylic oxidation sites excluding steroid dienone is 1. The maximum Gasteiger partial charge on any atom is 0.0350 e. The van der Waals surface area contributed by atoms with Crippen LogP contribution >= 0.6 is 15.9 Å². The molecule has 0 unspecified atom stereocenters. The Hall–Kier alpha value is -2.32. The third-order valence-corrected chi connectivity index (χ3v) is 4.30. The van der Waals surface area contributed by atoms with E-state index in [1.54, 1.807) is 0 Å². The first kappa shape index (κ1) is 15.6. The van der Waals surface area contributed by atoms with Crippen molar-refractivity contribution in [2.45, 2.75) is 6.42 Å². The summed E-state index contributed by atoms with van der Waals surface area (Å²) in [6.45, 7) is 0. The van der Waals surface area contributed by atoms with Crippen molar-refractivity contribution in [2.75, 3.05) is 0 Å². The molecule has 0 atom stereocenters. The second-order valence-corrected chi connectivity index (χ2v) is 6.35. The first-order chi connectivity index (χ1) is 11.2. The summed E-state index contributed by atoms with van der Waals surface area (Å²) in [5.74, 6) is 0. The molecule has 0 saturated heterocycles. The summed E-state index contributed by atoms with van der Waals surface area (Å²) >= 11 is 3.44. The summed E-state index contributed by atoms with van der Waals surface area (Å²) in [6.07, 6.45) is 2.90. The van der Waals surface area contributed by atoms with Crippen molar-refractivity contribution in [3.05, 3.63) is 101 Å². The van der Waals surface area contributed by atoms with Gasteiger partial charge < -0.3 is 5.73 Å². The molecule has 3 aromatic rings. The molecule has 3 aromatic carbocycles. The number of rotatable bonds is 4. The van der Waals surface area contributed by atoms with Gasteiger partial charge in [0, 0.05) is 10.2 Å². The highest BCUT2D eigenvalue weighted by atomic mass is 79.9. The van der Waals surface area contributed by atoms with Gasteiger partial charge in [-0.25, -0.2) is 0 Å². The number of hydrogen-bond acceptors (Lipinski definition) is 1.